The van der Waals surface area contributed by atoms with Crippen molar-refractivity contribution in [3.05, 3.63) is 24.0 Å². The predicted octanol–water partition coefficient (Wildman–Crippen LogP) is 1.97. The third kappa shape index (κ3) is 9.00. The van der Waals surface area contributed by atoms with Crippen LogP contribution in [0.4, 0.5) is 4.79 Å². The first-order valence-corrected chi connectivity index (χ1v) is 8.81. The number of amides is 1. The van der Waals surface area contributed by atoms with Gasteiger partial charge in [-0.05, 0) is 37.4 Å². The van der Waals surface area contributed by atoms with Crippen LogP contribution in [0.15, 0.2) is 18.3 Å². The number of carbonyl (C=O) groups excluding carboxylic acids is 1. The average molecular weight is 381 g/mol. The molecule has 1 heterocycles. The van der Waals surface area contributed by atoms with Crippen molar-refractivity contribution in [1.29, 1.82) is 0 Å². The zero-order valence-corrected chi connectivity index (χ0v) is 15.7. The lowest BCUT2D eigenvalue weighted by molar-refractivity contribution is -0.159. The average Bonchev–Trinajstić information content (AvgIpc) is 2.64. The van der Waals surface area contributed by atoms with Crippen LogP contribution in [-0.2, 0) is 16.1 Å². The molecule has 0 radical (unpaired) electrons. The van der Waals surface area contributed by atoms with Gasteiger partial charge in [0.05, 0.1) is 5.69 Å². The van der Waals surface area contributed by atoms with Gasteiger partial charge in [0.2, 0.25) is 0 Å². The summed E-state index contributed by atoms with van der Waals surface area (Å²) in [6.07, 6.45) is 8.06. The minimum absolute atomic E-state index is 0.378. The fraction of sp³-hybridized carbons (Fsp3) is 0.556. The lowest BCUT2D eigenvalue weighted by Crippen LogP contribution is -2.27. The van der Waals surface area contributed by atoms with E-state index >= 15 is 0 Å². The number of nitrogens with zero attached hydrogens (tertiary/aromatic N) is 2. The molecule has 27 heavy (non-hydrogen) atoms. The minimum atomic E-state index is -1.82. The molecule has 0 aromatic carbocycles. The van der Waals surface area contributed by atoms with Crippen LogP contribution in [0.1, 0.15) is 37.8 Å². The summed E-state index contributed by atoms with van der Waals surface area (Å²) in [5.41, 5.74) is 0.781. The number of carboxylic acids is 2. The van der Waals surface area contributed by atoms with Gasteiger partial charge in [-0.15, -0.1) is 0 Å². The maximum absolute atomic E-state index is 11.6. The molecule has 0 atom stereocenters. The highest BCUT2D eigenvalue weighted by Gasteiger charge is 2.14. The van der Waals surface area contributed by atoms with E-state index < -0.39 is 11.9 Å². The molecule has 1 aromatic heterocycles. The second kappa shape index (κ2) is 11.8. The molecule has 9 nitrogen and oxygen atoms in total. The number of hydrogen-bond acceptors (Lipinski definition) is 6. The Hall–Kier alpha value is -2.68. The highest BCUT2D eigenvalue weighted by Crippen LogP contribution is 2.23. The second-order valence-electron chi connectivity index (χ2n) is 6.46. The monoisotopic (exact) mass is 381 g/mol. The Morgan fingerprint density at radius 2 is 1.81 bits per heavy atom. The number of nitrogens with one attached hydrogen (secondary N) is 1. The van der Waals surface area contributed by atoms with Crippen LogP contribution in [0.3, 0.4) is 0 Å². The Morgan fingerprint density at radius 1 is 1.19 bits per heavy atom. The Labute approximate surface area is 158 Å². The lowest BCUT2D eigenvalue weighted by Gasteiger charge is -2.22. The summed E-state index contributed by atoms with van der Waals surface area (Å²) >= 11 is 0. The largest absolute Gasteiger partial charge is 0.473 e. The van der Waals surface area contributed by atoms with E-state index in [9.17, 15) is 4.79 Å². The summed E-state index contributed by atoms with van der Waals surface area (Å²) < 4.78 is 5.33. The first-order valence-electron chi connectivity index (χ1n) is 8.81. The Bertz CT molecular complexity index is 617. The summed E-state index contributed by atoms with van der Waals surface area (Å²) in [6.45, 7) is 1.64. The molecule has 0 bridgehead atoms. The Morgan fingerprint density at radius 3 is 2.37 bits per heavy atom. The van der Waals surface area contributed by atoms with Crippen LogP contribution < -0.4 is 10.1 Å². The van der Waals surface area contributed by atoms with Gasteiger partial charge in [0.25, 0.3) is 0 Å². The van der Waals surface area contributed by atoms with Gasteiger partial charge >= 0.3 is 18.0 Å². The van der Waals surface area contributed by atoms with Gasteiger partial charge < -0.3 is 25.2 Å². The maximum Gasteiger partial charge on any atom is 0.414 e. The van der Waals surface area contributed by atoms with Gasteiger partial charge in [0, 0.05) is 26.8 Å². The van der Waals surface area contributed by atoms with Gasteiger partial charge in [0.15, 0.2) is 5.75 Å². The van der Waals surface area contributed by atoms with Crippen molar-refractivity contribution < 1.29 is 29.3 Å². The molecule has 0 aliphatic heterocycles. The first-order chi connectivity index (χ1) is 12.8. The normalized spacial score (nSPS) is 13.9. The third-order valence-corrected chi connectivity index (χ3v) is 4.04. The van der Waals surface area contributed by atoms with E-state index in [1.165, 1.54) is 37.0 Å². The summed E-state index contributed by atoms with van der Waals surface area (Å²) in [6, 6.07) is 3.56. The smallest absolute Gasteiger partial charge is 0.414 e. The standard InChI is InChI=1S/C16H25N3O2.C2H2O4/c1-19(2)16(20)21-15-9-6-10-18-14(15)12-17-11-13-7-4-3-5-8-13;3-1(4)2(5)6/h6,9-10,13,17H,3-5,7-8,11-12H2,1-2H3;(H,3,4)(H,5,6). The number of hydrogen-bond donors (Lipinski definition) is 3. The highest BCUT2D eigenvalue weighted by atomic mass is 16.6. The van der Waals surface area contributed by atoms with E-state index in [1.54, 1.807) is 32.4 Å². The molecule has 3 N–H and O–H groups in total. The van der Waals surface area contributed by atoms with Gasteiger partial charge in [-0.3, -0.25) is 4.98 Å². The quantitative estimate of drug-likeness (QED) is 0.660. The fourth-order valence-electron chi connectivity index (χ4n) is 2.62. The van der Waals surface area contributed by atoms with Crippen molar-refractivity contribution in [2.24, 2.45) is 5.92 Å². The van der Waals surface area contributed by atoms with Crippen LogP contribution in [0.5, 0.6) is 5.75 Å². The molecule has 150 valence electrons. The minimum Gasteiger partial charge on any atom is -0.473 e. The van der Waals surface area contributed by atoms with Crippen LogP contribution in [-0.4, -0.2) is 58.8 Å². The molecule has 1 saturated carbocycles. The number of aliphatic carboxylic acids is 2. The van der Waals surface area contributed by atoms with E-state index in [-0.39, 0.29) is 6.09 Å². The summed E-state index contributed by atoms with van der Waals surface area (Å²) in [5.74, 6) is -2.34. The van der Waals surface area contributed by atoms with E-state index in [0.29, 0.717) is 12.3 Å². The van der Waals surface area contributed by atoms with Crippen molar-refractivity contribution >= 4 is 18.0 Å². The number of carbonyl (C=O) groups is 3. The molecule has 1 aliphatic rings. The molecule has 0 spiro atoms. The maximum atomic E-state index is 11.6. The lowest BCUT2D eigenvalue weighted by atomic mass is 9.89. The Kier molecular flexibility index (Phi) is 9.81. The molecule has 1 amide bonds. The summed E-state index contributed by atoms with van der Waals surface area (Å²) in [5, 5.41) is 18.2. The molecule has 0 saturated heterocycles. The SMILES string of the molecule is CN(C)C(=O)Oc1cccnc1CNCC1CCCCC1.O=C(O)C(=O)O. The molecule has 0 unspecified atom stereocenters. The van der Waals surface area contributed by atoms with Crippen molar-refractivity contribution in [2.45, 2.75) is 38.6 Å². The van der Waals surface area contributed by atoms with E-state index in [4.69, 9.17) is 24.5 Å². The molecule has 1 aliphatic carbocycles. The van der Waals surface area contributed by atoms with Crippen molar-refractivity contribution in [1.82, 2.24) is 15.2 Å². The summed E-state index contributed by atoms with van der Waals surface area (Å²) in [4.78, 5) is 35.6. The fourth-order valence-corrected chi connectivity index (χ4v) is 2.62. The van der Waals surface area contributed by atoms with Crippen molar-refractivity contribution in [2.75, 3.05) is 20.6 Å². The number of rotatable bonds is 5. The predicted molar refractivity (Wildman–Crippen MR) is 97.5 cm³/mol. The van der Waals surface area contributed by atoms with E-state index in [2.05, 4.69) is 10.3 Å². The molecular formula is C18H27N3O6. The van der Waals surface area contributed by atoms with Gasteiger partial charge in [0.1, 0.15) is 0 Å². The molecule has 2 rings (SSSR count). The van der Waals surface area contributed by atoms with Crippen LogP contribution in [0, 0.1) is 5.92 Å². The number of carboxylic acid groups (broad SMARTS) is 2. The van der Waals surface area contributed by atoms with E-state index in [0.717, 1.165) is 18.2 Å². The first kappa shape index (κ1) is 22.4. The molecule has 1 fully saturated rings. The molecule has 1 aromatic rings. The van der Waals surface area contributed by atoms with Gasteiger partial charge in [-0.1, -0.05) is 19.3 Å². The summed E-state index contributed by atoms with van der Waals surface area (Å²) in [7, 11) is 3.33. The topological polar surface area (TPSA) is 129 Å². The zero-order valence-electron chi connectivity index (χ0n) is 15.7. The highest BCUT2D eigenvalue weighted by molar-refractivity contribution is 6.27. The third-order valence-electron chi connectivity index (χ3n) is 4.04. The van der Waals surface area contributed by atoms with Gasteiger partial charge in [-0.25, -0.2) is 14.4 Å². The van der Waals surface area contributed by atoms with E-state index in [1.807, 2.05) is 0 Å². The number of aromatic nitrogens is 1. The molecular weight excluding hydrogens is 354 g/mol. The second-order valence-corrected chi connectivity index (χ2v) is 6.46. The van der Waals surface area contributed by atoms with Crippen LogP contribution >= 0.6 is 0 Å². The number of pyridine rings is 1. The van der Waals surface area contributed by atoms with Crippen LogP contribution in [0.25, 0.3) is 0 Å². The van der Waals surface area contributed by atoms with Crippen molar-refractivity contribution in [3.8, 4) is 5.75 Å². The molecule has 9 heteroatoms. The van der Waals surface area contributed by atoms with Crippen molar-refractivity contribution in [3.63, 3.8) is 0 Å². The Balaban J connectivity index is 0.000000527. The van der Waals surface area contributed by atoms with Crippen LogP contribution in [0.2, 0.25) is 0 Å². The number of ether oxygens (including phenoxy) is 1. The van der Waals surface area contributed by atoms with Gasteiger partial charge in [-0.2, -0.15) is 0 Å². The zero-order chi connectivity index (χ0) is 20.2.